The summed E-state index contributed by atoms with van der Waals surface area (Å²) in [7, 11) is 1.47. The smallest absolute Gasteiger partial charge is 0.252 e. The van der Waals surface area contributed by atoms with Crippen LogP contribution in [0.2, 0.25) is 0 Å². The van der Waals surface area contributed by atoms with Gasteiger partial charge in [0, 0.05) is 49.8 Å². The zero-order chi connectivity index (χ0) is 30.3. The fourth-order valence-electron chi connectivity index (χ4n) is 5.29. The Kier molecular flexibility index (Phi) is 9.21. The summed E-state index contributed by atoms with van der Waals surface area (Å²) in [5, 5.41) is 10.9. The van der Waals surface area contributed by atoms with E-state index in [0.717, 1.165) is 40.9 Å². The van der Waals surface area contributed by atoms with Gasteiger partial charge in [-0.15, -0.1) is 0 Å². The van der Waals surface area contributed by atoms with Gasteiger partial charge in [-0.25, -0.2) is 4.52 Å². The predicted octanol–water partition coefficient (Wildman–Crippen LogP) is 3.57. The van der Waals surface area contributed by atoms with E-state index in [9.17, 15) is 9.59 Å². The summed E-state index contributed by atoms with van der Waals surface area (Å²) in [5.74, 6) is 0.158. The van der Waals surface area contributed by atoms with Crippen LogP contribution in [0.4, 0.5) is 5.69 Å². The van der Waals surface area contributed by atoms with Crippen molar-refractivity contribution in [2.45, 2.75) is 32.5 Å². The molecule has 0 aliphatic carbocycles. The van der Waals surface area contributed by atoms with Crippen molar-refractivity contribution in [1.29, 1.82) is 0 Å². The molecule has 1 fully saturated rings. The standard InChI is InChI=1S/C32H37N7O4/c1-4-23-16-38(21(2)43-19-22-8-6-5-7-9-22)18-28(23)37-31-27(32(33)41)15-36-39-17-25(12-29(31)39)24-10-11-26(34-13-24)14-35-30(40)20-42-3/h5-13,15,17,23,28,37H,2,4,14,16,18-20H2,1,3H3,(H2,33,41)(H,35,40). The lowest BCUT2D eigenvalue weighted by Gasteiger charge is -2.22. The number of ether oxygens (including phenoxy) is 2. The molecule has 11 nitrogen and oxygen atoms in total. The highest BCUT2D eigenvalue weighted by Gasteiger charge is 2.34. The number of nitrogens with one attached hydrogen (secondary N) is 2. The molecular formula is C32H37N7O4. The molecule has 2 amide bonds. The first-order valence-electron chi connectivity index (χ1n) is 14.3. The average molecular weight is 584 g/mol. The number of methoxy groups -OCH3 is 1. The molecule has 1 saturated heterocycles. The first-order valence-corrected chi connectivity index (χ1v) is 14.3. The van der Waals surface area contributed by atoms with Gasteiger partial charge in [-0.2, -0.15) is 5.10 Å². The number of nitrogens with zero attached hydrogens (tertiary/aromatic N) is 4. The number of aromatic nitrogens is 3. The highest BCUT2D eigenvalue weighted by atomic mass is 16.5. The third kappa shape index (κ3) is 6.95. The van der Waals surface area contributed by atoms with Gasteiger partial charge in [0.25, 0.3) is 5.91 Å². The topological polar surface area (TPSA) is 136 Å². The van der Waals surface area contributed by atoms with E-state index in [1.165, 1.54) is 13.3 Å². The second-order valence-corrected chi connectivity index (χ2v) is 10.6. The minimum Gasteiger partial charge on any atom is -0.475 e. The van der Waals surface area contributed by atoms with Crippen LogP contribution in [0.5, 0.6) is 0 Å². The minimum absolute atomic E-state index is 0.000745. The number of amides is 2. The number of rotatable bonds is 13. The van der Waals surface area contributed by atoms with Gasteiger partial charge >= 0.3 is 0 Å². The maximum atomic E-state index is 12.5. The highest BCUT2D eigenvalue weighted by Crippen LogP contribution is 2.32. The van der Waals surface area contributed by atoms with E-state index in [4.69, 9.17) is 15.2 Å². The van der Waals surface area contributed by atoms with E-state index in [0.29, 0.717) is 42.7 Å². The number of likely N-dealkylation sites (tertiary alicyclic amines) is 1. The summed E-state index contributed by atoms with van der Waals surface area (Å²) >= 11 is 0. The molecule has 4 aromatic rings. The van der Waals surface area contributed by atoms with Gasteiger partial charge in [-0.05, 0) is 36.6 Å². The summed E-state index contributed by atoms with van der Waals surface area (Å²) in [5.41, 5.74) is 11.0. The third-order valence-corrected chi connectivity index (χ3v) is 7.70. The molecule has 3 aromatic heterocycles. The molecule has 1 aromatic carbocycles. The molecule has 224 valence electrons. The van der Waals surface area contributed by atoms with Crippen molar-refractivity contribution in [3.05, 3.63) is 96.4 Å². The molecule has 1 aliphatic heterocycles. The SMILES string of the molecule is C=C(OCc1ccccc1)N1CC(CC)C(Nc2c(C(N)=O)cnn3cc(-c4ccc(CNC(=O)COC)nc4)cc23)C1. The lowest BCUT2D eigenvalue weighted by atomic mass is 10.00. The lowest BCUT2D eigenvalue weighted by molar-refractivity contribution is -0.124. The molecule has 5 rings (SSSR count). The van der Waals surface area contributed by atoms with Crippen molar-refractivity contribution >= 4 is 23.0 Å². The Labute approximate surface area is 250 Å². The summed E-state index contributed by atoms with van der Waals surface area (Å²) in [6, 6.07) is 15.8. The zero-order valence-electron chi connectivity index (χ0n) is 24.5. The third-order valence-electron chi connectivity index (χ3n) is 7.70. The lowest BCUT2D eigenvalue weighted by Crippen LogP contribution is -2.30. The van der Waals surface area contributed by atoms with Gasteiger partial charge < -0.3 is 30.7 Å². The first-order chi connectivity index (χ1) is 20.9. The largest absolute Gasteiger partial charge is 0.475 e. The van der Waals surface area contributed by atoms with Gasteiger partial charge in [0.1, 0.15) is 13.2 Å². The van der Waals surface area contributed by atoms with Crippen molar-refractivity contribution in [3.8, 4) is 11.1 Å². The zero-order valence-corrected chi connectivity index (χ0v) is 24.5. The summed E-state index contributed by atoms with van der Waals surface area (Å²) in [6.07, 6.45) is 6.07. The second-order valence-electron chi connectivity index (χ2n) is 10.6. The highest BCUT2D eigenvalue weighted by molar-refractivity contribution is 6.02. The van der Waals surface area contributed by atoms with Crippen LogP contribution < -0.4 is 16.4 Å². The van der Waals surface area contributed by atoms with Crippen LogP contribution in [-0.4, -0.2) is 64.2 Å². The number of anilines is 1. The Hall–Kier alpha value is -4.90. The van der Waals surface area contributed by atoms with Crippen LogP contribution in [-0.2, 0) is 27.4 Å². The quantitative estimate of drug-likeness (QED) is 0.203. The molecule has 43 heavy (non-hydrogen) atoms. The van der Waals surface area contributed by atoms with E-state index >= 15 is 0 Å². The number of nitrogens with two attached hydrogens (primary N) is 1. The van der Waals surface area contributed by atoms with Crippen molar-refractivity contribution < 1.29 is 19.1 Å². The fraction of sp³-hybridized carbons (Fsp3) is 0.312. The first kappa shape index (κ1) is 29.6. The van der Waals surface area contributed by atoms with Crippen LogP contribution in [0, 0.1) is 5.92 Å². The predicted molar refractivity (Wildman–Crippen MR) is 164 cm³/mol. The van der Waals surface area contributed by atoms with Crippen molar-refractivity contribution in [3.63, 3.8) is 0 Å². The number of pyridine rings is 1. The Morgan fingerprint density at radius 3 is 2.63 bits per heavy atom. The number of carbonyl (C=O) groups excluding carboxylic acids is 2. The molecular weight excluding hydrogens is 546 g/mol. The molecule has 1 aliphatic rings. The number of hydrogen-bond donors (Lipinski definition) is 3. The van der Waals surface area contributed by atoms with Crippen LogP contribution in [0.1, 0.15) is 35.0 Å². The van der Waals surface area contributed by atoms with Gasteiger partial charge in [-0.3, -0.25) is 14.6 Å². The number of carbonyl (C=O) groups is 2. The van der Waals surface area contributed by atoms with E-state index in [-0.39, 0.29) is 18.6 Å². The van der Waals surface area contributed by atoms with Crippen LogP contribution >= 0.6 is 0 Å². The summed E-state index contributed by atoms with van der Waals surface area (Å²) in [4.78, 5) is 30.8. The summed E-state index contributed by atoms with van der Waals surface area (Å²) < 4.78 is 12.6. The van der Waals surface area contributed by atoms with Crippen LogP contribution in [0.3, 0.4) is 0 Å². The van der Waals surface area contributed by atoms with E-state index < -0.39 is 5.91 Å². The molecule has 0 saturated carbocycles. The van der Waals surface area contributed by atoms with Crippen LogP contribution in [0.15, 0.2) is 79.6 Å². The Morgan fingerprint density at radius 2 is 1.93 bits per heavy atom. The van der Waals surface area contributed by atoms with Crippen LogP contribution in [0.25, 0.3) is 16.6 Å². The van der Waals surface area contributed by atoms with Gasteiger partial charge in [0.15, 0.2) is 5.88 Å². The van der Waals surface area contributed by atoms with Gasteiger partial charge in [0.2, 0.25) is 5.91 Å². The second kappa shape index (κ2) is 13.4. The molecule has 0 bridgehead atoms. The maximum absolute atomic E-state index is 12.5. The number of hydrogen-bond acceptors (Lipinski definition) is 8. The van der Waals surface area contributed by atoms with Gasteiger partial charge in [-0.1, -0.05) is 43.3 Å². The normalized spacial score (nSPS) is 16.3. The molecule has 2 unspecified atom stereocenters. The van der Waals surface area contributed by atoms with Crippen molar-refractivity contribution in [2.75, 3.05) is 32.1 Å². The Balaban J connectivity index is 1.34. The van der Waals surface area contributed by atoms with Crippen molar-refractivity contribution in [2.24, 2.45) is 11.7 Å². The number of fused-ring (bicyclic) bond motifs is 1. The van der Waals surface area contributed by atoms with Gasteiger partial charge in [0.05, 0.1) is 35.2 Å². The molecule has 0 spiro atoms. The molecule has 2 atom stereocenters. The molecule has 4 heterocycles. The monoisotopic (exact) mass is 583 g/mol. The van der Waals surface area contributed by atoms with E-state index in [2.05, 4.69) is 39.1 Å². The number of primary amides is 1. The van der Waals surface area contributed by atoms with E-state index in [1.54, 1.807) is 10.7 Å². The molecule has 4 N–H and O–H groups in total. The summed E-state index contributed by atoms with van der Waals surface area (Å²) in [6.45, 7) is 8.54. The number of benzene rings is 1. The van der Waals surface area contributed by atoms with E-state index in [1.807, 2.05) is 54.7 Å². The Morgan fingerprint density at radius 1 is 1.12 bits per heavy atom. The maximum Gasteiger partial charge on any atom is 0.252 e. The van der Waals surface area contributed by atoms with Crippen molar-refractivity contribution in [1.82, 2.24) is 24.8 Å². The molecule has 0 radical (unpaired) electrons. The fourth-order valence-corrected chi connectivity index (χ4v) is 5.29. The molecule has 11 heteroatoms. The Bertz CT molecular complexity index is 1590. The minimum atomic E-state index is -0.555. The average Bonchev–Trinajstić information content (AvgIpc) is 3.64.